The van der Waals surface area contributed by atoms with Gasteiger partial charge in [-0.1, -0.05) is 13.8 Å². The lowest BCUT2D eigenvalue weighted by atomic mass is 9.91. The van der Waals surface area contributed by atoms with E-state index in [2.05, 4.69) is 13.8 Å². The Morgan fingerprint density at radius 3 is 2.14 bits per heavy atom. The molecule has 122 valence electrons. The molecule has 1 heterocycles. The highest BCUT2D eigenvalue weighted by atomic mass is 16.2. The summed E-state index contributed by atoms with van der Waals surface area (Å²) in [6, 6.07) is 0.0264. The van der Waals surface area contributed by atoms with E-state index >= 15 is 0 Å². The summed E-state index contributed by atoms with van der Waals surface area (Å²) in [6.07, 6.45) is 1.48. The average Bonchev–Trinajstić information content (AvgIpc) is 2.45. The maximum Gasteiger partial charge on any atom is 0.319 e. The van der Waals surface area contributed by atoms with E-state index in [0.29, 0.717) is 26.2 Å². The fourth-order valence-corrected chi connectivity index (χ4v) is 2.70. The molecular formula is C15H30N4O2. The maximum absolute atomic E-state index is 12.5. The number of carbonyl (C=O) groups is 2. The zero-order chi connectivity index (χ0) is 16.2. The third-order valence-electron chi connectivity index (χ3n) is 4.09. The van der Waals surface area contributed by atoms with Crippen LogP contribution < -0.4 is 5.73 Å². The SMILES string of the molecule is CN(C)C(=O)N1CCC(C(=O)N(C)CC(C)(C)CN)CC1. The van der Waals surface area contributed by atoms with Crippen LogP contribution in [0.2, 0.25) is 0 Å². The van der Waals surface area contributed by atoms with Crippen molar-refractivity contribution in [2.45, 2.75) is 26.7 Å². The highest BCUT2D eigenvalue weighted by Gasteiger charge is 2.31. The lowest BCUT2D eigenvalue weighted by Crippen LogP contribution is -2.48. The van der Waals surface area contributed by atoms with Crippen LogP contribution in [0.25, 0.3) is 0 Å². The van der Waals surface area contributed by atoms with E-state index < -0.39 is 0 Å². The van der Waals surface area contributed by atoms with Gasteiger partial charge in [0.05, 0.1) is 0 Å². The highest BCUT2D eigenvalue weighted by molar-refractivity contribution is 5.79. The van der Waals surface area contributed by atoms with E-state index in [9.17, 15) is 9.59 Å². The van der Waals surface area contributed by atoms with Crippen LogP contribution in [0.3, 0.4) is 0 Å². The van der Waals surface area contributed by atoms with Crippen LogP contribution in [0.15, 0.2) is 0 Å². The number of piperidine rings is 1. The summed E-state index contributed by atoms with van der Waals surface area (Å²) < 4.78 is 0. The fourth-order valence-electron chi connectivity index (χ4n) is 2.70. The van der Waals surface area contributed by atoms with Crippen LogP contribution in [-0.2, 0) is 4.79 Å². The second kappa shape index (κ2) is 7.11. The number of nitrogens with two attached hydrogens (primary N) is 1. The summed E-state index contributed by atoms with van der Waals surface area (Å²) in [7, 11) is 5.35. The molecule has 21 heavy (non-hydrogen) atoms. The Labute approximate surface area is 128 Å². The van der Waals surface area contributed by atoms with Gasteiger partial charge in [-0.15, -0.1) is 0 Å². The van der Waals surface area contributed by atoms with Gasteiger partial charge in [-0.3, -0.25) is 4.79 Å². The van der Waals surface area contributed by atoms with Crippen molar-refractivity contribution in [3.8, 4) is 0 Å². The van der Waals surface area contributed by atoms with E-state index in [1.165, 1.54) is 0 Å². The molecule has 6 heteroatoms. The van der Waals surface area contributed by atoms with E-state index in [4.69, 9.17) is 5.73 Å². The topological polar surface area (TPSA) is 69.9 Å². The number of hydrogen-bond donors (Lipinski definition) is 1. The third kappa shape index (κ3) is 4.88. The summed E-state index contributed by atoms with van der Waals surface area (Å²) in [4.78, 5) is 29.5. The minimum absolute atomic E-state index is 0.0230. The van der Waals surface area contributed by atoms with Gasteiger partial charge in [-0.25, -0.2) is 4.79 Å². The molecule has 0 aromatic carbocycles. The molecule has 3 amide bonds. The van der Waals surface area contributed by atoms with Crippen molar-refractivity contribution in [3.05, 3.63) is 0 Å². The van der Waals surface area contributed by atoms with E-state index in [-0.39, 0.29) is 23.3 Å². The molecule has 0 spiro atoms. The molecule has 1 aliphatic rings. The molecule has 0 saturated carbocycles. The smallest absolute Gasteiger partial charge is 0.319 e. The van der Waals surface area contributed by atoms with Crippen molar-refractivity contribution in [1.82, 2.24) is 14.7 Å². The van der Waals surface area contributed by atoms with Gasteiger partial charge in [0.25, 0.3) is 0 Å². The minimum atomic E-state index is -0.0635. The molecule has 0 aromatic rings. The van der Waals surface area contributed by atoms with Gasteiger partial charge >= 0.3 is 6.03 Å². The van der Waals surface area contributed by atoms with Crippen LogP contribution in [-0.4, -0.2) is 74.0 Å². The second-order valence-electron chi connectivity index (χ2n) is 7.00. The van der Waals surface area contributed by atoms with Gasteiger partial charge in [0.15, 0.2) is 0 Å². The van der Waals surface area contributed by atoms with Crippen LogP contribution in [0.5, 0.6) is 0 Å². The molecule has 0 unspecified atom stereocenters. The Hall–Kier alpha value is -1.30. The molecule has 0 bridgehead atoms. The fraction of sp³-hybridized carbons (Fsp3) is 0.867. The lowest BCUT2D eigenvalue weighted by molar-refractivity contribution is -0.136. The van der Waals surface area contributed by atoms with Crippen LogP contribution in [0.4, 0.5) is 4.79 Å². The number of urea groups is 1. The van der Waals surface area contributed by atoms with Crippen molar-refractivity contribution in [3.63, 3.8) is 0 Å². The van der Waals surface area contributed by atoms with Crippen LogP contribution >= 0.6 is 0 Å². The van der Waals surface area contributed by atoms with E-state index in [1.807, 2.05) is 11.9 Å². The largest absolute Gasteiger partial charge is 0.345 e. The molecule has 1 fully saturated rings. The summed E-state index contributed by atoms with van der Waals surface area (Å²) in [6.45, 7) is 6.66. The number of carbonyl (C=O) groups excluding carboxylic acids is 2. The first-order valence-corrected chi connectivity index (χ1v) is 7.59. The summed E-state index contributed by atoms with van der Waals surface area (Å²) >= 11 is 0. The van der Waals surface area contributed by atoms with Crippen molar-refractivity contribution >= 4 is 11.9 Å². The normalized spacial score (nSPS) is 16.8. The molecule has 0 aromatic heterocycles. The number of rotatable bonds is 4. The molecule has 1 aliphatic heterocycles. The van der Waals surface area contributed by atoms with Gasteiger partial charge < -0.3 is 20.4 Å². The second-order valence-corrected chi connectivity index (χ2v) is 7.00. The number of nitrogens with zero attached hydrogens (tertiary/aromatic N) is 3. The molecule has 0 aliphatic carbocycles. The van der Waals surface area contributed by atoms with Crippen molar-refractivity contribution < 1.29 is 9.59 Å². The van der Waals surface area contributed by atoms with E-state index in [0.717, 1.165) is 12.8 Å². The first kappa shape index (κ1) is 17.8. The van der Waals surface area contributed by atoms with Gasteiger partial charge in [0.1, 0.15) is 0 Å². The Balaban J connectivity index is 2.50. The average molecular weight is 298 g/mol. The predicted molar refractivity (Wildman–Crippen MR) is 83.9 cm³/mol. The number of amides is 3. The number of hydrogen-bond acceptors (Lipinski definition) is 3. The molecule has 0 atom stereocenters. The summed E-state index contributed by atoms with van der Waals surface area (Å²) in [5.74, 6) is 0.197. The Morgan fingerprint density at radius 2 is 1.71 bits per heavy atom. The van der Waals surface area contributed by atoms with Crippen molar-refractivity contribution in [1.29, 1.82) is 0 Å². The van der Waals surface area contributed by atoms with Gasteiger partial charge in [-0.05, 0) is 24.8 Å². The molecule has 0 radical (unpaired) electrons. The summed E-state index contributed by atoms with van der Waals surface area (Å²) in [5.41, 5.74) is 5.66. The predicted octanol–water partition coefficient (Wildman–Crippen LogP) is 0.823. The van der Waals surface area contributed by atoms with Crippen molar-refractivity contribution in [2.75, 3.05) is 47.3 Å². The maximum atomic E-state index is 12.5. The van der Waals surface area contributed by atoms with Gasteiger partial charge in [0, 0.05) is 46.7 Å². The third-order valence-corrected chi connectivity index (χ3v) is 4.09. The zero-order valence-corrected chi connectivity index (χ0v) is 14.1. The standard InChI is InChI=1S/C15H30N4O2/c1-15(2,10-16)11-18(5)13(20)12-6-8-19(9-7-12)14(21)17(3)4/h12H,6-11,16H2,1-5H3. The van der Waals surface area contributed by atoms with Crippen LogP contribution in [0, 0.1) is 11.3 Å². The van der Waals surface area contributed by atoms with Crippen molar-refractivity contribution in [2.24, 2.45) is 17.1 Å². The highest BCUT2D eigenvalue weighted by Crippen LogP contribution is 2.22. The molecule has 6 nitrogen and oxygen atoms in total. The Bertz CT molecular complexity index is 374. The zero-order valence-electron chi connectivity index (χ0n) is 14.1. The number of likely N-dealkylation sites (tertiary alicyclic amines) is 1. The minimum Gasteiger partial charge on any atom is -0.345 e. The monoisotopic (exact) mass is 298 g/mol. The molecular weight excluding hydrogens is 268 g/mol. The molecule has 2 N–H and O–H groups in total. The Kier molecular flexibility index (Phi) is 6.01. The van der Waals surface area contributed by atoms with E-state index in [1.54, 1.807) is 23.9 Å². The quantitative estimate of drug-likeness (QED) is 0.835. The summed E-state index contributed by atoms with van der Waals surface area (Å²) in [5, 5.41) is 0. The Morgan fingerprint density at radius 1 is 1.19 bits per heavy atom. The molecule has 1 saturated heterocycles. The molecule has 1 rings (SSSR count). The van der Waals surface area contributed by atoms with Gasteiger partial charge in [0.2, 0.25) is 5.91 Å². The first-order valence-electron chi connectivity index (χ1n) is 7.59. The van der Waals surface area contributed by atoms with Crippen LogP contribution in [0.1, 0.15) is 26.7 Å². The lowest BCUT2D eigenvalue weighted by Gasteiger charge is -2.36. The van der Waals surface area contributed by atoms with Gasteiger partial charge in [-0.2, -0.15) is 0 Å². The first-order chi connectivity index (χ1) is 9.68.